The molecule has 4 heterocycles. The minimum Gasteiger partial charge on any atom is -0.478 e. The molecule has 1 N–H and O–H groups in total. The zero-order valence-corrected chi connectivity index (χ0v) is 37.1. The van der Waals surface area contributed by atoms with Crippen molar-refractivity contribution in [3.8, 4) is 11.5 Å². The van der Waals surface area contributed by atoms with E-state index in [2.05, 4.69) is 9.97 Å². The van der Waals surface area contributed by atoms with Gasteiger partial charge in [0.05, 0.1) is 46.5 Å². The van der Waals surface area contributed by atoms with Crippen LogP contribution in [0.15, 0.2) is 85.5 Å². The summed E-state index contributed by atoms with van der Waals surface area (Å²) in [4.78, 5) is 60.3. The Bertz CT molecular complexity index is 2460. The molecule has 69 heavy (non-hydrogen) atoms. The summed E-state index contributed by atoms with van der Waals surface area (Å²) in [6.07, 6.45) is -15.3. The molecule has 2 atom stereocenters. The van der Waals surface area contributed by atoms with Crippen molar-refractivity contribution < 1.29 is 91.2 Å². The van der Waals surface area contributed by atoms with E-state index in [0.29, 0.717) is 24.3 Å². The number of aromatic nitrogens is 2. The van der Waals surface area contributed by atoms with Gasteiger partial charge in [-0.3, -0.25) is 19.6 Å². The van der Waals surface area contributed by atoms with Crippen LogP contribution in [0, 0.1) is 0 Å². The van der Waals surface area contributed by atoms with Gasteiger partial charge in [0, 0.05) is 50.7 Å². The highest BCUT2D eigenvalue weighted by Crippen LogP contribution is 2.38. The Hall–Kier alpha value is -6.33. The molecule has 376 valence electrons. The van der Waals surface area contributed by atoms with Crippen LogP contribution in [-0.4, -0.2) is 91.6 Å². The summed E-state index contributed by atoms with van der Waals surface area (Å²) in [5.41, 5.74) is -10.6. The quantitative estimate of drug-likeness (QED) is 0.134. The molecule has 0 saturated carbocycles. The van der Waals surface area contributed by atoms with E-state index >= 15 is 0 Å². The molecule has 2 aliphatic heterocycles. The van der Waals surface area contributed by atoms with Crippen LogP contribution in [0.4, 0.5) is 52.7 Å². The lowest BCUT2D eigenvalue weighted by atomic mass is 9.91. The first-order valence-corrected chi connectivity index (χ1v) is 20.2. The fourth-order valence-electron chi connectivity index (χ4n) is 7.19. The number of rotatable bonds is 8. The normalized spacial score (nSPS) is 19.0. The average molecular weight is 1020 g/mol. The van der Waals surface area contributed by atoms with Gasteiger partial charge >= 0.3 is 36.6 Å². The molecule has 2 fully saturated rings. The van der Waals surface area contributed by atoms with Gasteiger partial charge in [0.2, 0.25) is 11.2 Å². The lowest BCUT2D eigenvalue weighted by Gasteiger charge is -2.42. The Morgan fingerprint density at radius 2 is 0.928 bits per heavy atom. The number of carboxylic acid groups (broad SMARTS) is 1. The maximum absolute atomic E-state index is 13.5. The molecule has 2 amide bonds. The number of ether oxygens (including phenoxy) is 3. The Labute approximate surface area is 391 Å². The molecule has 6 rings (SSSR count). The summed E-state index contributed by atoms with van der Waals surface area (Å²) in [5.74, 6) is -4.77. The Morgan fingerprint density at radius 3 is 1.28 bits per heavy atom. The number of aliphatic carboxylic acids is 1. The number of hydrogen-bond acceptors (Lipinski definition) is 9. The topological polar surface area (TPSA) is 148 Å². The first kappa shape index (κ1) is 55.3. The molecule has 2 saturated heterocycles. The highest BCUT2D eigenvalue weighted by Gasteiger charge is 2.50. The fourth-order valence-corrected chi connectivity index (χ4v) is 7.19. The summed E-state index contributed by atoms with van der Waals surface area (Å²) in [6.45, 7) is 3.68. The van der Waals surface area contributed by atoms with Gasteiger partial charge in [-0.1, -0.05) is 0 Å². The van der Waals surface area contributed by atoms with Gasteiger partial charge in [-0.2, -0.15) is 52.7 Å². The fraction of sp³-hybridized carbons (Fsp3) is 0.409. The van der Waals surface area contributed by atoms with Crippen molar-refractivity contribution in [1.82, 2.24) is 19.8 Å². The first-order chi connectivity index (χ1) is 31.4. The SMILES string of the molecule is CC(C)(C)OC(=O)C1(Oc2ccc(C(F)(F)F)cc2)CCCN(C(=O)c2cnccc2C(F)(F)F)C1.Cl.O=C(c1cnccc1C(F)(F)F)N1CCCC(Oc2ccc(C(F)(F)F)cc2)(C(=O)O)C1. The Morgan fingerprint density at radius 1 is 0.565 bits per heavy atom. The zero-order valence-electron chi connectivity index (χ0n) is 36.3. The van der Waals surface area contributed by atoms with E-state index in [-0.39, 0.29) is 62.7 Å². The van der Waals surface area contributed by atoms with Crippen LogP contribution in [0.5, 0.6) is 11.5 Å². The van der Waals surface area contributed by atoms with Crippen LogP contribution < -0.4 is 9.47 Å². The number of pyridine rings is 2. The molecule has 0 spiro atoms. The summed E-state index contributed by atoms with van der Waals surface area (Å²) in [5, 5.41) is 9.75. The second kappa shape index (κ2) is 20.7. The van der Waals surface area contributed by atoms with Crippen molar-refractivity contribution in [3.63, 3.8) is 0 Å². The van der Waals surface area contributed by atoms with Gasteiger partial charge in [-0.15, -0.1) is 12.4 Å². The summed E-state index contributed by atoms with van der Waals surface area (Å²) < 4.78 is 174. The highest BCUT2D eigenvalue weighted by molar-refractivity contribution is 5.97. The number of carbonyl (C=O) groups is 4. The molecule has 0 bridgehead atoms. The number of nitrogens with zero attached hydrogens (tertiary/aromatic N) is 4. The van der Waals surface area contributed by atoms with Crippen molar-refractivity contribution in [2.24, 2.45) is 0 Å². The molecule has 2 aromatic heterocycles. The number of likely N-dealkylation sites (tertiary alicyclic amines) is 2. The van der Waals surface area contributed by atoms with Crippen LogP contribution >= 0.6 is 12.4 Å². The second-order valence-electron chi connectivity index (χ2n) is 16.5. The number of amides is 2. The third-order valence-electron chi connectivity index (χ3n) is 10.3. The Kier molecular flexibility index (Phi) is 16.6. The zero-order chi connectivity index (χ0) is 50.7. The summed E-state index contributed by atoms with van der Waals surface area (Å²) in [6, 6.07) is 8.22. The standard InChI is InChI=1S/C24H24F6N2O4.C20H16F6N2O4.ClH/c1-21(2,3)36-20(34)22(35-16-7-5-15(6-8-16)23(25,26)27)10-4-12-32(14-22)19(33)17-13-31-11-9-18(17)24(28,29)30;21-19(22,23)12-2-4-13(5-3-12)32-18(17(30)31)7-1-9-28(11-18)16(29)14-10-27-8-6-15(14)20(24,25)26;/h5-9,11,13H,4,10,12,14H2,1-3H3;2-6,8,10H,1,7,9,11H2,(H,30,31);1H. The number of esters is 1. The number of hydrogen-bond donors (Lipinski definition) is 1. The predicted octanol–water partition coefficient (Wildman–Crippen LogP) is 10.2. The van der Waals surface area contributed by atoms with Gasteiger partial charge in [-0.25, -0.2) is 9.59 Å². The van der Waals surface area contributed by atoms with E-state index in [9.17, 15) is 77.0 Å². The van der Waals surface area contributed by atoms with Crippen molar-refractivity contribution in [2.45, 2.75) is 88.0 Å². The van der Waals surface area contributed by atoms with Gasteiger partial charge < -0.3 is 29.1 Å². The van der Waals surface area contributed by atoms with E-state index in [1.54, 1.807) is 20.8 Å². The average Bonchev–Trinajstić information content (AvgIpc) is 3.25. The third kappa shape index (κ3) is 13.7. The molecular weight excluding hydrogens is 976 g/mol. The molecule has 2 unspecified atom stereocenters. The predicted molar refractivity (Wildman–Crippen MR) is 219 cm³/mol. The molecule has 0 radical (unpaired) electrons. The number of carboxylic acids is 1. The van der Waals surface area contributed by atoms with E-state index < -0.39 is 112 Å². The van der Waals surface area contributed by atoms with Gasteiger partial charge in [0.15, 0.2) is 0 Å². The number of halogens is 13. The minimum absolute atomic E-state index is 0. The van der Waals surface area contributed by atoms with Crippen molar-refractivity contribution in [3.05, 3.63) is 119 Å². The van der Waals surface area contributed by atoms with Gasteiger partial charge in [-0.05, 0) is 94.3 Å². The van der Waals surface area contributed by atoms with E-state index in [0.717, 1.165) is 71.0 Å². The Balaban J connectivity index is 0.000000298. The van der Waals surface area contributed by atoms with Gasteiger partial charge in [0.1, 0.15) is 17.1 Å². The molecule has 4 aromatic rings. The molecule has 12 nitrogen and oxygen atoms in total. The van der Waals surface area contributed by atoms with Crippen LogP contribution in [0.25, 0.3) is 0 Å². The van der Waals surface area contributed by atoms with Crippen molar-refractivity contribution in [2.75, 3.05) is 26.2 Å². The lowest BCUT2D eigenvalue weighted by Crippen LogP contribution is -2.59. The minimum atomic E-state index is -4.83. The van der Waals surface area contributed by atoms with Crippen LogP contribution in [0.3, 0.4) is 0 Å². The number of carbonyl (C=O) groups excluding carboxylic acids is 3. The number of alkyl halides is 12. The molecule has 2 aromatic carbocycles. The van der Waals surface area contributed by atoms with E-state index in [1.807, 2.05) is 0 Å². The van der Waals surface area contributed by atoms with Crippen molar-refractivity contribution in [1.29, 1.82) is 0 Å². The maximum Gasteiger partial charge on any atom is 0.417 e. The largest absolute Gasteiger partial charge is 0.478 e. The van der Waals surface area contributed by atoms with Crippen LogP contribution in [-0.2, 0) is 39.0 Å². The molecule has 25 heteroatoms. The first-order valence-electron chi connectivity index (χ1n) is 20.2. The lowest BCUT2D eigenvalue weighted by molar-refractivity contribution is -0.178. The highest BCUT2D eigenvalue weighted by atomic mass is 35.5. The van der Waals surface area contributed by atoms with Gasteiger partial charge in [0.25, 0.3) is 11.8 Å². The van der Waals surface area contributed by atoms with E-state index in [4.69, 9.17) is 14.2 Å². The number of piperidine rings is 2. The molecule has 0 aliphatic carbocycles. The van der Waals surface area contributed by atoms with E-state index in [1.165, 1.54) is 0 Å². The molecule has 2 aliphatic rings. The smallest absolute Gasteiger partial charge is 0.417 e. The third-order valence-corrected chi connectivity index (χ3v) is 10.3. The van der Waals surface area contributed by atoms with Crippen LogP contribution in [0.2, 0.25) is 0 Å². The van der Waals surface area contributed by atoms with Crippen LogP contribution in [0.1, 0.15) is 89.4 Å². The monoisotopic (exact) mass is 1020 g/mol. The second-order valence-corrected chi connectivity index (χ2v) is 16.5. The van der Waals surface area contributed by atoms with Crippen molar-refractivity contribution >= 4 is 36.2 Å². The number of benzene rings is 2. The summed E-state index contributed by atoms with van der Waals surface area (Å²) in [7, 11) is 0. The maximum atomic E-state index is 13.5. The summed E-state index contributed by atoms with van der Waals surface area (Å²) >= 11 is 0. The molecular formula is C44H41ClF12N4O8.